The van der Waals surface area contributed by atoms with Crippen molar-refractivity contribution < 1.29 is 4.79 Å². The van der Waals surface area contributed by atoms with Crippen molar-refractivity contribution in [1.82, 2.24) is 19.9 Å². The van der Waals surface area contributed by atoms with E-state index in [9.17, 15) is 4.79 Å². The number of benzene rings is 1. The summed E-state index contributed by atoms with van der Waals surface area (Å²) >= 11 is 0. The molecule has 1 fully saturated rings. The van der Waals surface area contributed by atoms with Crippen LogP contribution in [0.25, 0.3) is 16.9 Å². The van der Waals surface area contributed by atoms with Crippen molar-refractivity contribution in [3.05, 3.63) is 48.7 Å². The fourth-order valence-corrected chi connectivity index (χ4v) is 2.86. The van der Waals surface area contributed by atoms with E-state index in [2.05, 4.69) is 20.7 Å². The summed E-state index contributed by atoms with van der Waals surface area (Å²) in [4.78, 5) is 16.6. The second-order valence-corrected chi connectivity index (χ2v) is 5.62. The number of aromatic nitrogens is 3. The van der Waals surface area contributed by atoms with Crippen LogP contribution in [0.15, 0.2) is 48.7 Å². The van der Waals surface area contributed by atoms with Gasteiger partial charge in [-0.15, -0.1) is 0 Å². The molecule has 1 aliphatic heterocycles. The van der Waals surface area contributed by atoms with Crippen molar-refractivity contribution in [2.24, 2.45) is 0 Å². The van der Waals surface area contributed by atoms with Crippen molar-refractivity contribution in [2.75, 3.05) is 11.9 Å². The fourth-order valence-electron chi connectivity index (χ4n) is 2.86. The van der Waals surface area contributed by atoms with Crippen LogP contribution in [0.3, 0.4) is 0 Å². The zero-order valence-corrected chi connectivity index (χ0v) is 12.6. The number of amides is 1. The van der Waals surface area contributed by atoms with E-state index in [0.717, 1.165) is 42.1 Å². The number of nitrogens with zero attached hydrogens (tertiary/aromatic N) is 3. The Morgan fingerprint density at radius 2 is 2.09 bits per heavy atom. The number of rotatable bonds is 3. The van der Waals surface area contributed by atoms with Gasteiger partial charge in [0, 0.05) is 24.2 Å². The summed E-state index contributed by atoms with van der Waals surface area (Å²) < 4.78 is 1.73. The van der Waals surface area contributed by atoms with Crippen molar-refractivity contribution >= 4 is 17.4 Å². The first-order valence-electron chi connectivity index (χ1n) is 7.76. The summed E-state index contributed by atoms with van der Waals surface area (Å²) in [6, 6.07) is 13.6. The highest BCUT2D eigenvalue weighted by Crippen LogP contribution is 2.23. The lowest BCUT2D eigenvalue weighted by Gasteiger charge is -2.24. The highest BCUT2D eigenvalue weighted by atomic mass is 16.2. The molecule has 0 unspecified atom stereocenters. The van der Waals surface area contributed by atoms with Gasteiger partial charge in [0.1, 0.15) is 11.9 Å². The smallest absolute Gasteiger partial charge is 0.242 e. The molecule has 1 aromatic carbocycles. The van der Waals surface area contributed by atoms with Crippen LogP contribution in [-0.2, 0) is 4.79 Å². The maximum absolute atomic E-state index is 12.0. The Morgan fingerprint density at radius 3 is 2.91 bits per heavy atom. The molecule has 2 N–H and O–H groups in total. The summed E-state index contributed by atoms with van der Waals surface area (Å²) in [5.41, 5.74) is 2.65. The number of fused-ring (bicyclic) bond motifs is 1. The molecule has 6 nitrogen and oxygen atoms in total. The molecule has 1 aliphatic rings. The van der Waals surface area contributed by atoms with E-state index in [1.165, 1.54) is 0 Å². The van der Waals surface area contributed by atoms with Gasteiger partial charge in [0.15, 0.2) is 5.65 Å². The molecule has 0 bridgehead atoms. The van der Waals surface area contributed by atoms with Gasteiger partial charge in [-0.3, -0.25) is 4.79 Å². The van der Waals surface area contributed by atoms with Gasteiger partial charge in [-0.1, -0.05) is 30.3 Å². The van der Waals surface area contributed by atoms with E-state index in [0.29, 0.717) is 0 Å². The monoisotopic (exact) mass is 307 g/mol. The predicted molar refractivity (Wildman–Crippen MR) is 88.1 cm³/mol. The lowest BCUT2D eigenvalue weighted by Crippen LogP contribution is -2.44. The largest absolute Gasteiger partial charge is 0.358 e. The number of piperidine rings is 1. The molecule has 3 heterocycles. The average molecular weight is 307 g/mol. The van der Waals surface area contributed by atoms with Crippen LogP contribution in [-0.4, -0.2) is 33.1 Å². The Morgan fingerprint density at radius 1 is 1.22 bits per heavy atom. The van der Waals surface area contributed by atoms with Gasteiger partial charge in [-0.05, 0) is 12.8 Å². The Labute approximate surface area is 133 Å². The van der Waals surface area contributed by atoms with Gasteiger partial charge in [0.05, 0.1) is 11.9 Å². The predicted octanol–water partition coefficient (Wildman–Crippen LogP) is 2.09. The highest BCUT2D eigenvalue weighted by molar-refractivity contribution is 5.85. The van der Waals surface area contributed by atoms with Crippen LogP contribution >= 0.6 is 0 Å². The van der Waals surface area contributed by atoms with Crippen molar-refractivity contribution in [2.45, 2.75) is 18.9 Å². The molecule has 6 heteroatoms. The van der Waals surface area contributed by atoms with Gasteiger partial charge in [0.25, 0.3) is 0 Å². The van der Waals surface area contributed by atoms with Gasteiger partial charge in [0.2, 0.25) is 5.91 Å². The summed E-state index contributed by atoms with van der Waals surface area (Å²) in [5.74, 6) is 0.815. The molecular formula is C17H17N5O. The minimum atomic E-state index is -0.234. The Balaban J connectivity index is 1.75. The number of anilines is 1. The quantitative estimate of drug-likeness (QED) is 0.777. The molecule has 0 aliphatic carbocycles. The third-order valence-electron chi connectivity index (χ3n) is 4.04. The maximum Gasteiger partial charge on any atom is 0.242 e. The molecule has 0 saturated carbocycles. The van der Waals surface area contributed by atoms with Gasteiger partial charge >= 0.3 is 0 Å². The topological polar surface area (TPSA) is 71.3 Å². The highest BCUT2D eigenvalue weighted by Gasteiger charge is 2.23. The number of hydrogen-bond acceptors (Lipinski definition) is 4. The minimum absolute atomic E-state index is 0.0367. The lowest BCUT2D eigenvalue weighted by atomic mass is 10.1. The van der Waals surface area contributed by atoms with E-state index >= 15 is 0 Å². The molecule has 2 aromatic heterocycles. The van der Waals surface area contributed by atoms with Gasteiger partial charge < -0.3 is 10.6 Å². The molecule has 4 rings (SSSR count). The second kappa shape index (κ2) is 5.72. The van der Waals surface area contributed by atoms with Crippen molar-refractivity contribution in [1.29, 1.82) is 0 Å². The first-order chi connectivity index (χ1) is 11.3. The molecule has 1 atom stereocenters. The lowest BCUT2D eigenvalue weighted by molar-refractivity contribution is -0.123. The summed E-state index contributed by atoms with van der Waals surface area (Å²) in [6.45, 7) is 0.750. The second-order valence-electron chi connectivity index (χ2n) is 5.62. The Bertz CT molecular complexity index is 843. The third-order valence-corrected chi connectivity index (χ3v) is 4.04. The average Bonchev–Trinajstić information content (AvgIpc) is 3.06. The summed E-state index contributed by atoms with van der Waals surface area (Å²) in [7, 11) is 0. The molecule has 1 amide bonds. The van der Waals surface area contributed by atoms with Gasteiger partial charge in [-0.2, -0.15) is 9.61 Å². The zero-order chi connectivity index (χ0) is 15.6. The first kappa shape index (κ1) is 13.8. The summed E-state index contributed by atoms with van der Waals surface area (Å²) in [5, 5.41) is 10.5. The summed E-state index contributed by atoms with van der Waals surface area (Å²) in [6.07, 6.45) is 3.50. The Hall–Kier alpha value is -2.89. The van der Waals surface area contributed by atoms with E-state index in [4.69, 9.17) is 0 Å². The van der Waals surface area contributed by atoms with Crippen LogP contribution < -0.4 is 10.6 Å². The van der Waals surface area contributed by atoms with Crippen molar-refractivity contribution in [3.8, 4) is 11.3 Å². The number of carbonyl (C=O) groups excluding carboxylic acids is 1. The SMILES string of the molecule is O=C1NCCC[C@H]1Nc1cc(-c2ccccc2)nc2ccnn12. The van der Waals surface area contributed by atoms with E-state index < -0.39 is 0 Å². The fraction of sp³-hybridized carbons (Fsp3) is 0.235. The number of nitrogens with one attached hydrogen (secondary N) is 2. The van der Waals surface area contributed by atoms with Crippen molar-refractivity contribution in [3.63, 3.8) is 0 Å². The van der Waals surface area contributed by atoms with Crippen LogP contribution in [0, 0.1) is 0 Å². The van der Waals surface area contributed by atoms with E-state index in [1.807, 2.05) is 42.5 Å². The van der Waals surface area contributed by atoms with Crippen LogP contribution in [0.2, 0.25) is 0 Å². The first-order valence-corrected chi connectivity index (χ1v) is 7.76. The Kier molecular flexibility index (Phi) is 3.42. The third kappa shape index (κ3) is 2.63. The molecular weight excluding hydrogens is 290 g/mol. The molecule has 23 heavy (non-hydrogen) atoms. The van der Waals surface area contributed by atoms with Crippen LogP contribution in [0.5, 0.6) is 0 Å². The normalized spacial score (nSPS) is 17.9. The van der Waals surface area contributed by atoms with Crippen LogP contribution in [0.1, 0.15) is 12.8 Å². The number of carbonyl (C=O) groups is 1. The molecule has 0 radical (unpaired) electrons. The van der Waals surface area contributed by atoms with Gasteiger partial charge in [-0.25, -0.2) is 4.98 Å². The van der Waals surface area contributed by atoms with E-state index in [-0.39, 0.29) is 11.9 Å². The standard InChI is InChI=1S/C17H17N5O/c23-17-13(7-4-9-18-17)20-16-11-14(12-5-2-1-3-6-12)21-15-8-10-19-22(15)16/h1-3,5-6,8,10-11,13,20H,4,7,9H2,(H,18,23)/t13-/m1/s1. The number of hydrogen-bond donors (Lipinski definition) is 2. The zero-order valence-electron chi connectivity index (χ0n) is 12.6. The van der Waals surface area contributed by atoms with E-state index in [1.54, 1.807) is 10.7 Å². The molecule has 1 saturated heterocycles. The van der Waals surface area contributed by atoms with Crippen LogP contribution in [0.4, 0.5) is 5.82 Å². The molecule has 0 spiro atoms. The molecule has 3 aromatic rings. The maximum atomic E-state index is 12.0. The molecule has 116 valence electrons. The minimum Gasteiger partial charge on any atom is -0.358 e.